The van der Waals surface area contributed by atoms with Crippen LogP contribution >= 0.6 is 0 Å². The highest BCUT2D eigenvalue weighted by Crippen LogP contribution is 2.49. The van der Waals surface area contributed by atoms with Crippen LogP contribution in [0.25, 0.3) is 0 Å². The standard InChI is InChI=1S/C10H15F3N2/c11-10(12,13)7-3-15(4-7)8-1-9(2-8)5-14-6-9/h7-8,14H,1-6H2. The predicted octanol–water partition coefficient (Wildman–Crippen LogP) is 1.23. The molecular weight excluding hydrogens is 205 g/mol. The molecule has 2 heterocycles. The van der Waals surface area contributed by atoms with Gasteiger partial charge in [-0.05, 0) is 18.3 Å². The lowest BCUT2D eigenvalue weighted by Crippen LogP contribution is -2.68. The smallest absolute Gasteiger partial charge is 0.316 e. The first-order valence-electron chi connectivity index (χ1n) is 5.50. The van der Waals surface area contributed by atoms with Gasteiger partial charge in [0.05, 0.1) is 5.92 Å². The first-order valence-corrected chi connectivity index (χ1v) is 5.50. The van der Waals surface area contributed by atoms with Crippen molar-refractivity contribution in [2.45, 2.75) is 25.1 Å². The summed E-state index contributed by atoms with van der Waals surface area (Å²) in [6, 6.07) is 0.436. The van der Waals surface area contributed by atoms with Gasteiger partial charge in [0.25, 0.3) is 0 Å². The SMILES string of the molecule is FC(F)(F)C1CN(C2CC3(CNC3)C2)C1. The summed E-state index contributed by atoms with van der Waals surface area (Å²) in [4.78, 5) is 2.00. The average molecular weight is 220 g/mol. The molecule has 0 aromatic heterocycles. The molecule has 0 radical (unpaired) electrons. The molecule has 3 aliphatic rings. The Morgan fingerprint density at radius 1 is 1.13 bits per heavy atom. The number of likely N-dealkylation sites (tertiary alicyclic amines) is 1. The maximum absolute atomic E-state index is 12.3. The Morgan fingerprint density at radius 2 is 1.73 bits per heavy atom. The highest BCUT2D eigenvalue weighted by molar-refractivity contribution is 5.08. The summed E-state index contributed by atoms with van der Waals surface area (Å²) in [6.45, 7) is 2.61. The number of nitrogens with one attached hydrogen (secondary N) is 1. The van der Waals surface area contributed by atoms with Crippen molar-refractivity contribution in [1.29, 1.82) is 0 Å². The van der Waals surface area contributed by atoms with Crippen LogP contribution in [0.15, 0.2) is 0 Å². The summed E-state index contributed by atoms with van der Waals surface area (Å²) in [6.07, 6.45) is -1.77. The van der Waals surface area contributed by atoms with Crippen LogP contribution in [-0.2, 0) is 0 Å². The number of hydrogen-bond acceptors (Lipinski definition) is 2. The molecule has 1 saturated carbocycles. The fraction of sp³-hybridized carbons (Fsp3) is 1.00. The Labute approximate surface area is 86.8 Å². The lowest BCUT2D eigenvalue weighted by atomic mass is 9.60. The summed E-state index contributed by atoms with van der Waals surface area (Å²) in [5.41, 5.74) is 0.466. The summed E-state index contributed by atoms with van der Waals surface area (Å²) >= 11 is 0. The normalized spacial score (nSPS) is 32.2. The quantitative estimate of drug-likeness (QED) is 0.715. The van der Waals surface area contributed by atoms with Crippen molar-refractivity contribution in [2.75, 3.05) is 26.2 Å². The molecule has 3 fully saturated rings. The zero-order valence-electron chi connectivity index (χ0n) is 8.48. The van der Waals surface area contributed by atoms with E-state index in [-0.39, 0.29) is 13.1 Å². The third-order valence-electron chi connectivity index (χ3n) is 4.23. The number of alkyl halides is 3. The molecule has 1 aliphatic carbocycles. The van der Waals surface area contributed by atoms with Gasteiger partial charge in [-0.2, -0.15) is 13.2 Å². The molecule has 0 unspecified atom stereocenters. The largest absolute Gasteiger partial charge is 0.394 e. The van der Waals surface area contributed by atoms with Gasteiger partial charge in [-0.25, -0.2) is 0 Å². The number of halogens is 3. The van der Waals surface area contributed by atoms with Gasteiger partial charge < -0.3 is 5.32 Å². The van der Waals surface area contributed by atoms with Crippen molar-refractivity contribution in [3.63, 3.8) is 0 Å². The maximum Gasteiger partial charge on any atom is 0.394 e. The number of nitrogens with zero attached hydrogens (tertiary/aromatic N) is 1. The van der Waals surface area contributed by atoms with Crippen molar-refractivity contribution < 1.29 is 13.2 Å². The Hall–Kier alpha value is -0.290. The first-order chi connectivity index (χ1) is 6.99. The lowest BCUT2D eigenvalue weighted by molar-refractivity contribution is -0.223. The monoisotopic (exact) mass is 220 g/mol. The van der Waals surface area contributed by atoms with E-state index >= 15 is 0 Å². The molecule has 2 aliphatic heterocycles. The van der Waals surface area contributed by atoms with Crippen molar-refractivity contribution in [3.8, 4) is 0 Å². The van der Waals surface area contributed by atoms with E-state index in [4.69, 9.17) is 0 Å². The Balaban J connectivity index is 1.45. The Kier molecular flexibility index (Phi) is 1.90. The van der Waals surface area contributed by atoms with Gasteiger partial charge in [-0.3, -0.25) is 4.90 Å². The summed E-state index contributed by atoms with van der Waals surface area (Å²) < 4.78 is 36.8. The van der Waals surface area contributed by atoms with Gasteiger partial charge in [-0.1, -0.05) is 0 Å². The van der Waals surface area contributed by atoms with E-state index in [2.05, 4.69) is 5.32 Å². The van der Waals surface area contributed by atoms with Crippen LogP contribution in [0.3, 0.4) is 0 Å². The van der Waals surface area contributed by atoms with Gasteiger partial charge in [0.2, 0.25) is 0 Å². The van der Waals surface area contributed by atoms with Crippen LogP contribution in [0.5, 0.6) is 0 Å². The second-order valence-electron chi connectivity index (χ2n) is 5.36. The molecule has 15 heavy (non-hydrogen) atoms. The molecule has 0 atom stereocenters. The van der Waals surface area contributed by atoms with Gasteiger partial charge in [0.15, 0.2) is 0 Å². The minimum Gasteiger partial charge on any atom is -0.316 e. The third kappa shape index (κ3) is 1.47. The van der Waals surface area contributed by atoms with Crippen LogP contribution in [0, 0.1) is 11.3 Å². The average Bonchev–Trinajstić information content (AvgIpc) is 1.82. The minimum absolute atomic E-state index is 0.234. The first kappa shape index (κ1) is 9.90. The minimum atomic E-state index is -3.98. The van der Waals surface area contributed by atoms with Gasteiger partial charge in [0, 0.05) is 32.2 Å². The Bertz CT molecular complexity index is 258. The molecule has 0 amide bonds. The molecular formula is C10H15F3N2. The van der Waals surface area contributed by atoms with Crippen molar-refractivity contribution in [1.82, 2.24) is 10.2 Å². The van der Waals surface area contributed by atoms with Gasteiger partial charge >= 0.3 is 6.18 Å². The summed E-state index contributed by atoms with van der Waals surface area (Å²) in [5, 5.41) is 3.23. The zero-order chi connectivity index (χ0) is 10.7. The van der Waals surface area contributed by atoms with E-state index in [0.29, 0.717) is 11.5 Å². The van der Waals surface area contributed by atoms with Crippen LogP contribution in [0.2, 0.25) is 0 Å². The van der Waals surface area contributed by atoms with E-state index < -0.39 is 12.1 Å². The van der Waals surface area contributed by atoms with Crippen molar-refractivity contribution in [3.05, 3.63) is 0 Å². The van der Waals surface area contributed by atoms with Crippen molar-refractivity contribution in [2.24, 2.45) is 11.3 Å². The molecule has 2 nitrogen and oxygen atoms in total. The fourth-order valence-electron chi connectivity index (χ4n) is 2.98. The van der Waals surface area contributed by atoms with Crippen LogP contribution in [0.4, 0.5) is 13.2 Å². The molecule has 0 bridgehead atoms. The summed E-state index contributed by atoms with van der Waals surface area (Å²) in [5.74, 6) is -1.06. The number of hydrogen-bond donors (Lipinski definition) is 1. The second kappa shape index (κ2) is 2.88. The van der Waals surface area contributed by atoms with E-state index in [1.165, 1.54) is 0 Å². The van der Waals surface area contributed by atoms with Crippen LogP contribution in [-0.4, -0.2) is 43.3 Å². The van der Waals surface area contributed by atoms with Gasteiger partial charge in [-0.15, -0.1) is 0 Å². The molecule has 5 heteroatoms. The lowest BCUT2D eigenvalue weighted by Gasteiger charge is -2.60. The maximum atomic E-state index is 12.3. The molecule has 2 saturated heterocycles. The highest BCUT2D eigenvalue weighted by atomic mass is 19.4. The molecule has 1 spiro atoms. The molecule has 0 aromatic carbocycles. The second-order valence-corrected chi connectivity index (χ2v) is 5.36. The molecule has 0 aromatic rings. The topological polar surface area (TPSA) is 15.3 Å². The van der Waals surface area contributed by atoms with E-state index in [0.717, 1.165) is 25.9 Å². The van der Waals surface area contributed by atoms with E-state index in [1.807, 2.05) is 4.90 Å². The number of rotatable bonds is 1. The third-order valence-corrected chi connectivity index (χ3v) is 4.23. The predicted molar refractivity (Wildman–Crippen MR) is 49.4 cm³/mol. The summed E-state index contributed by atoms with van der Waals surface area (Å²) in [7, 11) is 0. The van der Waals surface area contributed by atoms with Crippen LogP contribution < -0.4 is 5.32 Å². The highest BCUT2D eigenvalue weighted by Gasteiger charge is 2.55. The van der Waals surface area contributed by atoms with Gasteiger partial charge in [0.1, 0.15) is 0 Å². The molecule has 3 rings (SSSR count). The van der Waals surface area contributed by atoms with Crippen molar-refractivity contribution >= 4 is 0 Å². The van der Waals surface area contributed by atoms with Crippen LogP contribution in [0.1, 0.15) is 12.8 Å². The molecule has 1 N–H and O–H groups in total. The Morgan fingerprint density at radius 3 is 2.13 bits per heavy atom. The van der Waals surface area contributed by atoms with E-state index in [9.17, 15) is 13.2 Å². The molecule has 86 valence electrons. The zero-order valence-corrected chi connectivity index (χ0v) is 8.48. The van der Waals surface area contributed by atoms with E-state index in [1.54, 1.807) is 0 Å². The fourth-order valence-corrected chi connectivity index (χ4v) is 2.98.